The highest BCUT2D eigenvalue weighted by Gasteiger charge is 2.59. The summed E-state index contributed by atoms with van der Waals surface area (Å²) in [4.78, 5) is 23.1. The Hall–Kier alpha value is -1.71. The highest BCUT2D eigenvalue weighted by atomic mass is 35.5. The molecule has 1 aliphatic carbocycles. The SMILES string of the molecule is C=CCS(=O)(=O)C(C(=O)NC)C1(c2cc(N3CCOC(Cl)C3)ncn2)CC1. The quantitative estimate of drug-likeness (QED) is 0.515. The van der Waals surface area contributed by atoms with Crippen LogP contribution in [0.15, 0.2) is 25.0 Å². The van der Waals surface area contributed by atoms with E-state index in [1.165, 1.54) is 19.5 Å². The monoisotopic (exact) mass is 414 g/mol. The molecular formula is C17H23ClN4O4S. The Bertz CT molecular complexity index is 828. The third kappa shape index (κ3) is 3.95. The minimum Gasteiger partial charge on any atom is -0.359 e. The van der Waals surface area contributed by atoms with E-state index in [2.05, 4.69) is 21.9 Å². The van der Waals surface area contributed by atoms with Gasteiger partial charge in [0, 0.05) is 25.1 Å². The van der Waals surface area contributed by atoms with E-state index in [9.17, 15) is 13.2 Å². The fourth-order valence-electron chi connectivity index (χ4n) is 3.55. The lowest BCUT2D eigenvalue weighted by molar-refractivity contribution is -0.120. The molecule has 2 atom stereocenters. The molecular weight excluding hydrogens is 392 g/mol. The van der Waals surface area contributed by atoms with Crippen molar-refractivity contribution in [2.75, 3.05) is 37.4 Å². The molecule has 1 aromatic heterocycles. The maximum absolute atomic E-state index is 12.8. The summed E-state index contributed by atoms with van der Waals surface area (Å²) in [7, 11) is -2.28. The van der Waals surface area contributed by atoms with Crippen LogP contribution in [0.3, 0.4) is 0 Å². The van der Waals surface area contributed by atoms with Crippen LogP contribution in [0, 0.1) is 0 Å². The van der Waals surface area contributed by atoms with E-state index in [0.29, 0.717) is 44.0 Å². The van der Waals surface area contributed by atoms with Crippen molar-refractivity contribution in [2.45, 2.75) is 29.1 Å². The predicted molar refractivity (Wildman–Crippen MR) is 103 cm³/mol. The normalized spacial score (nSPS) is 22.7. The Balaban J connectivity index is 1.97. The third-order valence-corrected chi connectivity index (χ3v) is 7.34. The van der Waals surface area contributed by atoms with E-state index in [-0.39, 0.29) is 5.75 Å². The molecule has 2 aliphatic rings. The molecule has 2 heterocycles. The first kappa shape index (κ1) is 20.0. The lowest BCUT2D eigenvalue weighted by Gasteiger charge is -2.31. The van der Waals surface area contributed by atoms with Crippen LogP contribution in [0.5, 0.6) is 0 Å². The number of anilines is 1. The lowest BCUT2D eigenvalue weighted by Crippen LogP contribution is -2.47. The van der Waals surface area contributed by atoms with Gasteiger partial charge < -0.3 is 15.0 Å². The Morgan fingerprint density at radius 3 is 2.89 bits per heavy atom. The molecule has 1 saturated carbocycles. The number of ether oxygens (including phenoxy) is 1. The van der Waals surface area contributed by atoms with Crippen molar-refractivity contribution >= 4 is 33.2 Å². The fourth-order valence-corrected chi connectivity index (χ4v) is 5.81. The highest BCUT2D eigenvalue weighted by molar-refractivity contribution is 7.93. The maximum atomic E-state index is 12.8. The van der Waals surface area contributed by atoms with E-state index in [1.54, 1.807) is 6.07 Å². The predicted octanol–water partition coefficient (Wildman–Crippen LogP) is 0.625. The van der Waals surface area contributed by atoms with Gasteiger partial charge in [0.15, 0.2) is 15.1 Å². The number of hydrogen-bond acceptors (Lipinski definition) is 7. The molecule has 1 aliphatic heterocycles. The zero-order valence-electron chi connectivity index (χ0n) is 15.1. The third-order valence-electron chi connectivity index (χ3n) is 4.99. The van der Waals surface area contributed by atoms with Crippen molar-refractivity contribution in [1.29, 1.82) is 0 Å². The number of morpholine rings is 1. The zero-order chi connectivity index (χ0) is 19.7. The molecule has 3 rings (SSSR count). The van der Waals surface area contributed by atoms with Gasteiger partial charge >= 0.3 is 0 Å². The number of amides is 1. The molecule has 2 fully saturated rings. The number of halogens is 1. The molecule has 8 nitrogen and oxygen atoms in total. The van der Waals surface area contributed by atoms with Gasteiger partial charge in [-0.3, -0.25) is 4.79 Å². The van der Waals surface area contributed by atoms with E-state index in [1.807, 2.05) is 4.90 Å². The van der Waals surface area contributed by atoms with Crippen molar-refractivity contribution in [2.24, 2.45) is 0 Å². The van der Waals surface area contributed by atoms with Gasteiger partial charge in [0.1, 0.15) is 17.7 Å². The standard InChI is InChI=1S/C17H23ClN4O4S/c1-3-8-27(24,25)15(16(23)19-2)17(4-5-17)12-9-14(21-11-20-12)22-6-7-26-13(18)10-22/h3,9,11,13,15H,1,4-8,10H2,2H3,(H,19,23). The molecule has 1 saturated heterocycles. The summed E-state index contributed by atoms with van der Waals surface area (Å²) < 4.78 is 30.9. The molecule has 2 unspecified atom stereocenters. The summed E-state index contributed by atoms with van der Waals surface area (Å²) in [5, 5.41) is 1.28. The number of aromatic nitrogens is 2. The number of nitrogens with one attached hydrogen (secondary N) is 1. The Morgan fingerprint density at radius 2 is 2.30 bits per heavy atom. The van der Waals surface area contributed by atoms with Crippen molar-refractivity contribution in [3.63, 3.8) is 0 Å². The van der Waals surface area contributed by atoms with Crippen LogP contribution in [0.4, 0.5) is 5.82 Å². The van der Waals surface area contributed by atoms with Crippen LogP contribution in [0.1, 0.15) is 18.5 Å². The Morgan fingerprint density at radius 1 is 1.56 bits per heavy atom. The van der Waals surface area contributed by atoms with E-state index in [4.69, 9.17) is 16.3 Å². The first-order valence-electron chi connectivity index (χ1n) is 8.71. The molecule has 1 amide bonds. The van der Waals surface area contributed by atoms with Crippen molar-refractivity contribution in [3.05, 3.63) is 30.7 Å². The van der Waals surface area contributed by atoms with Gasteiger partial charge in [-0.05, 0) is 12.8 Å². The zero-order valence-corrected chi connectivity index (χ0v) is 16.7. The summed E-state index contributed by atoms with van der Waals surface area (Å²) >= 11 is 6.06. The molecule has 27 heavy (non-hydrogen) atoms. The number of carbonyl (C=O) groups excluding carboxylic acids is 1. The number of sulfone groups is 1. The van der Waals surface area contributed by atoms with Crippen molar-refractivity contribution in [3.8, 4) is 0 Å². The molecule has 0 aromatic carbocycles. The van der Waals surface area contributed by atoms with Gasteiger partial charge in [-0.15, -0.1) is 6.58 Å². The highest BCUT2D eigenvalue weighted by Crippen LogP contribution is 2.53. The number of carbonyl (C=O) groups is 1. The molecule has 0 radical (unpaired) electrons. The lowest BCUT2D eigenvalue weighted by atomic mass is 9.96. The Kier molecular flexibility index (Phi) is 5.73. The average Bonchev–Trinajstić information content (AvgIpc) is 3.43. The fraction of sp³-hybridized carbons (Fsp3) is 0.588. The first-order chi connectivity index (χ1) is 12.8. The van der Waals surface area contributed by atoms with Crippen LogP contribution in [0.2, 0.25) is 0 Å². The molecule has 1 N–H and O–H groups in total. The van der Waals surface area contributed by atoms with E-state index < -0.39 is 32.0 Å². The van der Waals surface area contributed by atoms with Crippen LogP contribution < -0.4 is 10.2 Å². The van der Waals surface area contributed by atoms with E-state index in [0.717, 1.165) is 0 Å². The van der Waals surface area contributed by atoms with Gasteiger partial charge in [0.05, 0.1) is 24.6 Å². The average molecular weight is 415 g/mol. The molecule has 10 heteroatoms. The van der Waals surface area contributed by atoms with Crippen molar-refractivity contribution in [1.82, 2.24) is 15.3 Å². The second-order valence-electron chi connectivity index (χ2n) is 6.76. The van der Waals surface area contributed by atoms with Crippen molar-refractivity contribution < 1.29 is 17.9 Å². The molecule has 1 aromatic rings. The number of alkyl halides is 1. The van der Waals surface area contributed by atoms with Gasteiger partial charge in [0.2, 0.25) is 5.91 Å². The second kappa shape index (κ2) is 7.73. The Labute approximate surface area is 163 Å². The van der Waals surface area contributed by atoms with Crippen LogP contribution in [-0.4, -0.2) is 67.6 Å². The minimum absolute atomic E-state index is 0.262. The molecule has 0 spiro atoms. The number of hydrogen-bond donors (Lipinski definition) is 1. The van der Waals surface area contributed by atoms with Gasteiger partial charge in [-0.1, -0.05) is 17.7 Å². The second-order valence-corrected chi connectivity index (χ2v) is 9.37. The summed E-state index contributed by atoms with van der Waals surface area (Å²) in [6.45, 7) is 5.08. The first-order valence-corrected chi connectivity index (χ1v) is 10.9. The molecule has 0 bridgehead atoms. The van der Waals surface area contributed by atoms with Gasteiger partial charge in [-0.2, -0.15) is 0 Å². The van der Waals surface area contributed by atoms with E-state index >= 15 is 0 Å². The summed E-state index contributed by atoms with van der Waals surface area (Å²) in [6, 6.07) is 1.77. The largest absolute Gasteiger partial charge is 0.359 e. The summed E-state index contributed by atoms with van der Waals surface area (Å²) in [6.07, 6.45) is 3.85. The number of nitrogens with zero attached hydrogens (tertiary/aromatic N) is 3. The smallest absolute Gasteiger partial charge is 0.239 e. The van der Waals surface area contributed by atoms with Crippen LogP contribution >= 0.6 is 11.6 Å². The summed E-state index contributed by atoms with van der Waals surface area (Å²) in [5.41, 5.74) is -0.711. The number of rotatable bonds is 7. The molecule has 148 valence electrons. The minimum atomic E-state index is -3.72. The summed E-state index contributed by atoms with van der Waals surface area (Å²) in [5.74, 6) is -0.138. The van der Waals surface area contributed by atoms with Crippen LogP contribution in [0.25, 0.3) is 0 Å². The maximum Gasteiger partial charge on any atom is 0.239 e. The topological polar surface area (TPSA) is 101 Å². The van der Waals surface area contributed by atoms with Crippen LogP contribution in [-0.2, 0) is 24.8 Å². The van der Waals surface area contributed by atoms with Gasteiger partial charge in [0.25, 0.3) is 0 Å². The van der Waals surface area contributed by atoms with Gasteiger partial charge in [-0.25, -0.2) is 18.4 Å².